The highest BCUT2D eigenvalue weighted by atomic mass is 31.2. The van der Waals surface area contributed by atoms with E-state index in [1.165, 1.54) is 57.8 Å². The molecule has 0 rings (SSSR count). The molecule has 0 heterocycles. The van der Waals surface area contributed by atoms with E-state index in [2.05, 4.69) is 68.5 Å². The van der Waals surface area contributed by atoms with Gasteiger partial charge >= 0.3 is 19.8 Å². The van der Waals surface area contributed by atoms with Gasteiger partial charge in [0.15, 0.2) is 6.10 Å². The highest BCUT2D eigenvalue weighted by Crippen LogP contribution is 2.43. The van der Waals surface area contributed by atoms with Gasteiger partial charge in [0.05, 0.1) is 19.3 Å². The van der Waals surface area contributed by atoms with Gasteiger partial charge in [0.1, 0.15) is 6.61 Å². The second kappa shape index (κ2) is 42.5. The standard InChI is InChI=1S/C47H82NO9P/c1-3-5-7-8-9-10-11-12-13-14-15-16-17-18-23-26-29-32-35-39-47(51)57-45(43-56-58(52,53)55-41-40-48)42-54-46(50)38-34-31-28-25-22-20-19-21-24-27-30-33-37-44(49)36-6-4-2/h9-10,12-13,19-20,24-25,27-28,33,37,44-45,49H,3-8,11,14-18,21-23,26,29-32,34-36,38-43,48H2,1-2H3,(H,52,53)/b10-9-,13-12-,20-19-,27-24-,28-25-,37-33-/t44-,45+/m0/s1. The molecule has 0 aromatic heterocycles. The van der Waals surface area contributed by atoms with E-state index in [1.807, 2.05) is 18.2 Å². The van der Waals surface area contributed by atoms with E-state index in [4.69, 9.17) is 24.3 Å². The lowest BCUT2D eigenvalue weighted by molar-refractivity contribution is -0.161. The summed E-state index contributed by atoms with van der Waals surface area (Å²) in [7, 11) is -4.40. The van der Waals surface area contributed by atoms with Crippen molar-refractivity contribution in [1.82, 2.24) is 0 Å². The van der Waals surface area contributed by atoms with Gasteiger partial charge in [-0.05, 0) is 77.0 Å². The summed E-state index contributed by atoms with van der Waals surface area (Å²) < 4.78 is 32.7. The van der Waals surface area contributed by atoms with E-state index in [0.717, 1.165) is 70.6 Å². The molecule has 4 N–H and O–H groups in total. The molecule has 0 saturated heterocycles. The number of phosphoric ester groups is 1. The second-order valence-electron chi connectivity index (χ2n) is 14.7. The quantitative estimate of drug-likeness (QED) is 0.0235. The van der Waals surface area contributed by atoms with Gasteiger partial charge in [-0.3, -0.25) is 18.6 Å². The minimum atomic E-state index is -4.40. The maximum Gasteiger partial charge on any atom is 0.472 e. The van der Waals surface area contributed by atoms with Crippen molar-refractivity contribution in [2.24, 2.45) is 5.73 Å². The summed E-state index contributed by atoms with van der Waals surface area (Å²) in [5, 5.41) is 9.81. The highest BCUT2D eigenvalue weighted by Gasteiger charge is 2.26. The van der Waals surface area contributed by atoms with Crippen molar-refractivity contribution in [3.05, 3.63) is 72.9 Å². The van der Waals surface area contributed by atoms with E-state index in [9.17, 15) is 24.2 Å². The molecule has 0 saturated carbocycles. The van der Waals surface area contributed by atoms with Crippen molar-refractivity contribution in [3.63, 3.8) is 0 Å². The van der Waals surface area contributed by atoms with Gasteiger partial charge < -0.3 is 25.2 Å². The van der Waals surface area contributed by atoms with E-state index in [1.54, 1.807) is 0 Å². The van der Waals surface area contributed by atoms with Crippen molar-refractivity contribution in [2.45, 2.75) is 187 Å². The van der Waals surface area contributed by atoms with Crippen LogP contribution in [0.2, 0.25) is 0 Å². The topological polar surface area (TPSA) is 155 Å². The molecule has 334 valence electrons. The number of hydrogen-bond donors (Lipinski definition) is 3. The Morgan fingerprint density at radius 1 is 0.586 bits per heavy atom. The van der Waals surface area contributed by atoms with E-state index in [0.29, 0.717) is 19.3 Å². The Balaban J connectivity index is 4.26. The van der Waals surface area contributed by atoms with Crippen molar-refractivity contribution in [1.29, 1.82) is 0 Å². The molecule has 0 aromatic rings. The maximum atomic E-state index is 12.6. The van der Waals surface area contributed by atoms with Crippen LogP contribution >= 0.6 is 7.82 Å². The van der Waals surface area contributed by atoms with E-state index >= 15 is 0 Å². The van der Waals surface area contributed by atoms with Gasteiger partial charge in [0.25, 0.3) is 0 Å². The minimum absolute atomic E-state index is 0.0358. The van der Waals surface area contributed by atoms with Crippen LogP contribution in [0.25, 0.3) is 0 Å². The third-order valence-electron chi connectivity index (χ3n) is 9.14. The normalized spacial score (nSPS) is 14.5. The summed E-state index contributed by atoms with van der Waals surface area (Å²) in [5.41, 5.74) is 5.34. The summed E-state index contributed by atoms with van der Waals surface area (Å²) >= 11 is 0. The number of allylic oxidation sites excluding steroid dienone is 11. The van der Waals surface area contributed by atoms with Gasteiger partial charge in [-0.25, -0.2) is 4.57 Å². The summed E-state index contributed by atoms with van der Waals surface area (Å²) in [6.07, 6.45) is 48.4. The molecule has 0 amide bonds. The molecule has 11 heteroatoms. The molecule has 0 fully saturated rings. The first-order valence-corrected chi connectivity index (χ1v) is 24.0. The molecule has 1 unspecified atom stereocenters. The molecule has 0 aliphatic carbocycles. The van der Waals surface area contributed by atoms with Crippen molar-refractivity contribution >= 4 is 19.8 Å². The molecule has 0 bridgehead atoms. The minimum Gasteiger partial charge on any atom is -0.462 e. The third-order valence-corrected chi connectivity index (χ3v) is 10.1. The second-order valence-corrected chi connectivity index (χ2v) is 16.2. The van der Waals surface area contributed by atoms with Crippen LogP contribution in [0.3, 0.4) is 0 Å². The van der Waals surface area contributed by atoms with Crippen molar-refractivity contribution in [3.8, 4) is 0 Å². The zero-order valence-electron chi connectivity index (χ0n) is 36.4. The average Bonchev–Trinajstić information content (AvgIpc) is 3.21. The van der Waals surface area contributed by atoms with Crippen LogP contribution in [0, 0.1) is 0 Å². The third kappa shape index (κ3) is 41.6. The average molecular weight is 836 g/mol. The lowest BCUT2D eigenvalue weighted by Gasteiger charge is -2.19. The maximum absolute atomic E-state index is 12.6. The molecule has 0 aromatic carbocycles. The summed E-state index contributed by atoms with van der Waals surface area (Å²) in [4.78, 5) is 34.9. The number of carbonyl (C=O) groups excluding carboxylic acids is 2. The van der Waals surface area contributed by atoms with Crippen LogP contribution in [-0.4, -0.2) is 60.5 Å². The molecule has 10 nitrogen and oxygen atoms in total. The summed E-state index contributed by atoms with van der Waals surface area (Å²) in [5.74, 6) is -0.926. The number of carbonyl (C=O) groups is 2. The SMILES string of the molecule is CCCCC/C=C\C/C=C\CCCCCCCCCCCC(=O)O[C@H](COC(=O)CCC/C=C\C/C=C\C/C=C\C/C=C\[C@@H](O)CCCC)COP(=O)(O)OCCN. The summed E-state index contributed by atoms with van der Waals surface area (Å²) in [6, 6.07) is 0. The lowest BCUT2D eigenvalue weighted by Crippen LogP contribution is -2.29. The first-order chi connectivity index (χ1) is 28.2. The fourth-order valence-corrected chi connectivity index (χ4v) is 6.50. The Kier molecular flexibility index (Phi) is 40.6. The zero-order valence-corrected chi connectivity index (χ0v) is 37.3. The summed E-state index contributed by atoms with van der Waals surface area (Å²) in [6.45, 7) is 3.46. The van der Waals surface area contributed by atoms with Crippen molar-refractivity contribution < 1.29 is 42.7 Å². The number of aliphatic hydroxyl groups is 1. The number of ether oxygens (including phenoxy) is 2. The molecule has 0 spiro atoms. The van der Waals surface area contributed by atoms with Crippen LogP contribution in [-0.2, 0) is 32.7 Å². The number of nitrogens with two attached hydrogens (primary N) is 1. The number of rotatable bonds is 41. The lowest BCUT2D eigenvalue weighted by atomic mass is 10.1. The van der Waals surface area contributed by atoms with Crippen LogP contribution in [0.15, 0.2) is 72.9 Å². The Morgan fingerprint density at radius 3 is 1.64 bits per heavy atom. The van der Waals surface area contributed by atoms with Crippen LogP contribution in [0.1, 0.15) is 174 Å². The first-order valence-electron chi connectivity index (χ1n) is 22.5. The van der Waals surface area contributed by atoms with Gasteiger partial charge in [-0.15, -0.1) is 0 Å². The smallest absolute Gasteiger partial charge is 0.462 e. The van der Waals surface area contributed by atoms with Crippen LogP contribution in [0.5, 0.6) is 0 Å². The Labute approximate surface area is 353 Å². The van der Waals surface area contributed by atoms with Gasteiger partial charge in [0, 0.05) is 19.4 Å². The predicted molar refractivity (Wildman–Crippen MR) is 239 cm³/mol. The zero-order chi connectivity index (χ0) is 42.6. The fourth-order valence-electron chi connectivity index (χ4n) is 5.73. The molecule has 0 aliphatic heterocycles. The number of aliphatic hydroxyl groups excluding tert-OH is 1. The number of esters is 2. The van der Waals surface area contributed by atoms with Crippen LogP contribution < -0.4 is 5.73 Å². The largest absolute Gasteiger partial charge is 0.472 e. The Bertz CT molecular complexity index is 1200. The van der Waals surface area contributed by atoms with Gasteiger partial charge in [-0.2, -0.15) is 0 Å². The monoisotopic (exact) mass is 836 g/mol. The van der Waals surface area contributed by atoms with Gasteiger partial charge in [-0.1, -0.05) is 157 Å². The Hall–Kier alpha value is -2.59. The first kappa shape index (κ1) is 55.4. The van der Waals surface area contributed by atoms with Gasteiger partial charge in [0.2, 0.25) is 0 Å². The van der Waals surface area contributed by atoms with Crippen molar-refractivity contribution in [2.75, 3.05) is 26.4 Å². The van der Waals surface area contributed by atoms with Crippen LogP contribution in [0.4, 0.5) is 0 Å². The molecular weight excluding hydrogens is 753 g/mol. The number of phosphoric acid groups is 1. The molecular formula is C47H82NO9P. The fraction of sp³-hybridized carbons (Fsp3) is 0.702. The molecule has 58 heavy (non-hydrogen) atoms. The molecule has 0 aliphatic rings. The molecule has 0 radical (unpaired) electrons. The number of hydrogen-bond acceptors (Lipinski definition) is 9. The Morgan fingerprint density at radius 2 is 1.07 bits per heavy atom. The van der Waals surface area contributed by atoms with E-state index < -0.39 is 32.5 Å². The highest BCUT2D eigenvalue weighted by molar-refractivity contribution is 7.47. The predicted octanol–water partition coefficient (Wildman–Crippen LogP) is 12.0. The molecule has 3 atom stereocenters. The van der Waals surface area contributed by atoms with E-state index in [-0.39, 0.29) is 38.7 Å². The number of unbranched alkanes of at least 4 members (excludes halogenated alkanes) is 14.